The number of likely N-dealkylation sites (tertiary alicyclic amines) is 1. The molecule has 2 rings (SSSR count). The molecule has 1 atom stereocenters. The maximum atomic E-state index is 11.8. The maximum absolute atomic E-state index is 11.8. The van der Waals surface area contributed by atoms with Crippen molar-refractivity contribution >= 4 is 28.7 Å². The molecule has 0 aliphatic carbocycles. The molecule has 0 spiro atoms. The molecule has 2 amide bonds. The lowest BCUT2D eigenvalue weighted by Crippen LogP contribution is -2.37. The van der Waals surface area contributed by atoms with Crippen molar-refractivity contribution in [3.8, 4) is 0 Å². The first kappa shape index (κ1) is 11.7. The fraction of sp³-hybridized carbons (Fsp3) is 0.625. The minimum atomic E-state index is -0.884. The summed E-state index contributed by atoms with van der Waals surface area (Å²) < 4.78 is 3.51. The summed E-state index contributed by atoms with van der Waals surface area (Å²) in [5.74, 6) is -0.884. The number of nitrogens with zero attached hydrogens (tertiary/aromatic N) is 4. The van der Waals surface area contributed by atoms with Crippen LogP contribution in [0.15, 0.2) is 0 Å². The summed E-state index contributed by atoms with van der Waals surface area (Å²) >= 11 is 0.969. The second-order valence-corrected chi connectivity index (χ2v) is 4.87. The Hall–Kier alpha value is -1.77. The third-order valence-corrected chi connectivity index (χ3v) is 3.30. The average molecular weight is 257 g/mol. The first-order chi connectivity index (χ1) is 8.01. The monoisotopic (exact) mass is 257 g/mol. The van der Waals surface area contributed by atoms with Gasteiger partial charge in [-0.05, 0) is 18.6 Å². The molecule has 0 bridgehead atoms. The number of carbonyl (C=O) groups excluding carboxylic acids is 1. The Morgan fingerprint density at radius 2 is 2.35 bits per heavy atom. The summed E-state index contributed by atoms with van der Waals surface area (Å²) in [4.78, 5) is 24.2. The van der Waals surface area contributed by atoms with E-state index in [4.69, 9.17) is 5.11 Å². The molecule has 2 heterocycles. The zero-order valence-electron chi connectivity index (χ0n) is 9.08. The summed E-state index contributed by atoms with van der Waals surface area (Å²) in [6, 6.07) is -0.367. The average Bonchev–Trinajstić information content (AvgIpc) is 2.88. The molecule has 17 heavy (non-hydrogen) atoms. The number of anilines is 1. The second-order valence-electron chi connectivity index (χ2n) is 4.14. The molecule has 1 aliphatic heterocycles. The van der Waals surface area contributed by atoms with Crippen molar-refractivity contribution in [2.45, 2.75) is 13.3 Å². The number of carbonyl (C=O) groups is 2. The molecule has 1 aromatic heterocycles. The summed E-state index contributed by atoms with van der Waals surface area (Å²) in [6.45, 7) is 2.25. The third-order valence-electron chi connectivity index (χ3n) is 2.79. The lowest BCUT2D eigenvalue weighted by Gasteiger charge is -2.19. The first-order valence-electron chi connectivity index (χ1n) is 4.96. The van der Waals surface area contributed by atoms with Gasteiger partial charge in [0.1, 0.15) is 0 Å². The van der Waals surface area contributed by atoms with Gasteiger partial charge in [-0.25, -0.2) is 4.79 Å². The molecule has 92 valence electrons. The van der Waals surface area contributed by atoms with E-state index in [9.17, 15) is 9.59 Å². The highest BCUT2D eigenvalue weighted by molar-refractivity contribution is 7.09. The number of aliphatic carboxylic acids is 1. The topological polar surface area (TPSA) is 108 Å². The van der Waals surface area contributed by atoms with Crippen molar-refractivity contribution in [2.75, 3.05) is 18.4 Å². The van der Waals surface area contributed by atoms with E-state index in [1.165, 1.54) is 4.90 Å². The highest BCUT2D eigenvalue weighted by atomic mass is 32.1. The van der Waals surface area contributed by atoms with Gasteiger partial charge in [0, 0.05) is 24.6 Å². The predicted octanol–water partition coefficient (Wildman–Crippen LogP) is 0.262. The van der Waals surface area contributed by atoms with Crippen LogP contribution in [0, 0.1) is 5.41 Å². The molecular weight excluding hydrogens is 246 g/mol. The molecule has 0 aromatic carbocycles. The molecule has 0 saturated carbocycles. The van der Waals surface area contributed by atoms with Crippen molar-refractivity contribution in [1.82, 2.24) is 19.7 Å². The van der Waals surface area contributed by atoms with Gasteiger partial charge in [-0.3, -0.25) is 10.1 Å². The summed E-state index contributed by atoms with van der Waals surface area (Å²) in [7, 11) is 0. The number of aromatic nitrogens is 3. The minimum absolute atomic E-state index is 0.195. The maximum Gasteiger partial charge on any atom is 0.323 e. The quantitative estimate of drug-likeness (QED) is 0.786. The molecule has 9 heteroatoms. The van der Waals surface area contributed by atoms with Gasteiger partial charge in [0.25, 0.3) is 0 Å². The zero-order chi connectivity index (χ0) is 12.5. The van der Waals surface area contributed by atoms with E-state index in [-0.39, 0.29) is 12.6 Å². The second kappa shape index (κ2) is 4.24. The van der Waals surface area contributed by atoms with E-state index in [2.05, 4.69) is 20.1 Å². The summed E-state index contributed by atoms with van der Waals surface area (Å²) in [6.07, 6.45) is 0.449. The Labute approximate surface area is 101 Å². The van der Waals surface area contributed by atoms with Gasteiger partial charge >= 0.3 is 12.0 Å². The molecule has 2 N–H and O–H groups in total. The highest BCUT2D eigenvalue weighted by Gasteiger charge is 2.42. The zero-order valence-corrected chi connectivity index (χ0v) is 9.90. The fourth-order valence-electron chi connectivity index (χ4n) is 1.66. The highest BCUT2D eigenvalue weighted by Crippen LogP contribution is 2.30. The molecule has 1 saturated heterocycles. The van der Waals surface area contributed by atoms with Gasteiger partial charge in [-0.1, -0.05) is 9.59 Å². The number of hydrogen-bond donors (Lipinski definition) is 2. The van der Waals surface area contributed by atoms with Crippen molar-refractivity contribution in [3.63, 3.8) is 0 Å². The van der Waals surface area contributed by atoms with E-state index in [1.54, 1.807) is 6.92 Å². The van der Waals surface area contributed by atoms with Gasteiger partial charge in [-0.15, -0.1) is 0 Å². The largest absolute Gasteiger partial charge is 0.481 e. The van der Waals surface area contributed by atoms with Crippen LogP contribution in [-0.2, 0) is 4.79 Å². The van der Waals surface area contributed by atoms with E-state index < -0.39 is 11.4 Å². The lowest BCUT2D eigenvalue weighted by atomic mass is 9.90. The van der Waals surface area contributed by atoms with Crippen LogP contribution in [0.3, 0.4) is 0 Å². The normalized spacial score (nSPS) is 23.7. The van der Waals surface area contributed by atoms with E-state index in [1.807, 2.05) is 0 Å². The van der Waals surface area contributed by atoms with Crippen molar-refractivity contribution in [3.05, 3.63) is 0 Å². The SMILES string of the molecule is CC1(C(=O)O)CCN(C(=O)Nc2nnns2)C1. The van der Waals surface area contributed by atoms with Crippen LogP contribution < -0.4 is 5.32 Å². The number of carboxylic acids is 1. The van der Waals surface area contributed by atoms with Crippen molar-refractivity contribution < 1.29 is 14.7 Å². The van der Waals surface area contributed by atoms with E-state index in [0.717, 1.165) is 11.5 Å². The van der Waals surface area contributed by atoms with Crippen LogP contribution in [-0.4, -0.2) is 49.9 Å². The Balaban J connectivity index is 1.97. The van der Waals surface area contributed by atoms with E-state index >= 15 is 0 Å². The predicted molar refractivity (Wildman–Crippen MR) is 58.7 cm³/mol. The van der Waals surface area contributed by atoms with E-state index in [0.29, 0.717) is 18.1 Å². The van der Waals surface area contributed by atoms with Crippen LogP contribution in [0.4, 0.5) is 9.93 Å². The molecule has 1 aliphatic rings. The van der Waals surface area contributed by atoms with Crippen molar-refractivity contribution in [1.29, 1.82) is 0 Å². The van der Waals surface area contributed by atoms with Gasteiger partial charge < -0.3 is 10.0 Å². The third kappa shape index (κ3) is 2.33. The Bertz CT molecular complexity index is 436. The van der Waals surface area contributed by atoms with Crippen molar-refractivity contribution in [2.24, 2.45) is 5.41 Å². The van der Waals surface area contributed by atoms with Crippen LogP contribution in [0.2, 0.25) is 0 Å². The molecule has 8 nitrogen and oxygen atoms in total. The Kier molecular flexibility index (Phi) is 2.92. The number of amides is 2. The smallest absolute Gasteiger partial charge is 0.323 e. The molecule has 1 aromatic rings. The van der Waals surface area contributed by atoms with Gasteiger partial charge in [0.15, 0.2) is 0 Å². The van der Waals surface area contributed by atoms with Gasteiger partial charge in [0.05, 0.1) is 5.41 Å². The Morgan fingerprint density at radius 1 is 1.59 bits per heavy atom. The fourth-order valence-corrected chi connectivity index (χ4v) is 2.02. The number of nitrogens with one attached hydrogen (secondary N) is 1. The number of urea groups is 1. The molecule has 0 radical (unpaired) electrons. The summed E-state index contributed by atoms with van der Waals surface area (Å²) in [5.41, 5.74) is -0.864. The standard InChI is InChI=1S/C8H11N5O3S/c1-8(5(14)15)2-3-13(4-8)7(16)9-6-10-11-12-17-6/h2-4H2,1H3,(H,14,15)(H,9,10,12,16). The van der Waals surface area contributed by atoms with Gasteiger partial charge in [-0.2, -0.15) is 0 Å². The number of carboxylic acid groups (broad SMARTS) is 1. The lowest BCUT2D eigenvalue weighted by molar-refractivity contribution is -0.146. The minimum Gasteiger partial charge on any atom is -0.481 e. The van der Waals surface area contributed by atoms with Crippen LogP contribution in [0.1, 0.15) is 13.3 Å². The molecule has 1 unspecified atom stereocenters. The number of rotatable bonds is 2. The summed E-state index contributed by atoms with van der Waals surface area (Å²) in [5, 5.41) is 18.8. The van der Waals surface area contributed by atoms with Gasteiger partial charge in [0.2, 0.25) is 5.13 Å². The van der Waals surface area contributed by atoms with Crippen LogP contribution >= 0.6 is 11.5 Å². The van der Waals surface area contributed by atoms with Crippen LogP contribution in [0.5, 0.6) is 0 Å². The number of hydrogen-bond acceptors (Lipinski definition) is 6. The molecule has 1 fully saturated rings. The Morgan fingerprint density at radius 3 is 2.88 bits per heavy atom. The first-order valence-corrected chi connectivity index (χ1v) is 5.73. The molecular formula is C8H11N5O3S. The van der Waals surface area contributed by atoms with Crippen LogP contribution in [0.25, 0.3) is 0 Å².